The predicted octanol–water partition coefficient (Wildman–Crippen LogP) is 4.01. The van der Waals surface area contributed by atoms with Crippen LogP contribution in [0.4, 0.5) is 5.69 Å². The van der Waals surface area contributed by atoms with Gasteiger partial charge in [-0.15, -0.1) is 0 Å². The number of non-ortho nitro benzene ring substituents is 1. The molecule has 1 aromatic heterocycles. The third-order valence-corrected chi connectivity index (χ3v) is 6.07. The number of amides is 2. The summed E-state index contributed by atoms with van der Waals surface area (Å²) in [5.41, 5.74) is 7.25. The zero-order valence-electron chi connectivity index (χ0n) is 19.1. The van der Waals surface area contributed by atoms with E-state index in [9.17, 15) is 19.7 Å². The predicted molar refractivity (Wildman–Crippen MR) is 135 cm³/mol. The Morgan fingerprint density at radius 3 is 2.39 bits per heavy atom. The number of carbonyl (C=O) groups is 2. The van der Waals surface area contributed by atoms with Crippen molar-refractivity contribution in [2.24, 2.45) is 0 Å². The van der Waals surface area contributed by atoms with Gasteiger partial charge in [0, 0.05) is 23.3 Å². The van der Waals surface area contributed by atoms with E-state index in [1.165, 1.54) is 36.0 Å². The van der Waals surface area contributed by atoms with Crippen LogP contribution in [0.2, 0.25) is 0 Å². The molecule has 4 aromatic rings. The molecule has 0 saturated heterocycles. The van der Waals surface area contributed by atoms with Crippen molar-refractivity contribution in [1.29, 1.82) is 0 Å². The van der Waals surface area contributed by atoms with Gasteiger partial charge in [-0.05, 0) is 24.3 Å². The summed E-state index contributed by atoms with van der Waals surface area (Å²) >= 11 is 1.20. The first kappa shape index (κ1) is 24.5. The van der Waals surface area contributed by atoms with E-state index < -0.39 is 16.7 Å². The maximum absolute atomic E-state index is 12.4. The maximum Gasteiger partial charge on any atom is 0.269 e. The number of hydrogen-bond acceptors (Lipinski definition) is 7. The Morgan fingerprint density at radius 1 is 1.00 bits per heavy atom. The summed E-state index contributed by atoms with van der Waals surface area (Å²) in [5, 5.41) is 11.3. The van der Waals surface area contributed by atoms with Crippen LogP contribution in [0, 0.1) is 10.1 Å². The molecular formula is C25H21N5O5S. The van der Waals surface area contributed by atoms with Crippen molar-refractivity contribution in [3.8, 4) is 22.7 Å². The van der Waals surface area contributed by atoms with Crippen molar-refractivity contribution in [1.82, 2.24) is 20.4 Å². The Labute approximate surface area is 210 Å². The van der Waals surface area contributed by atoms with Crippen molar-refractivity contribution in [3.05, 3.63) is 101 Å². The number of ether oxygens (including phenoxy) is 1. The summed E-state index contributed by atoms with van der Waals surface area (Å²) in [7, 11) is 1.59. The van der Waals surface area contributed by atoms with Crippen molar-refractivity contribution in [3.63, 3.8) is 0 Å². The minimum Gasteiger partial charge on any atom is -0.495 e. The molecular weight excluding hydrogens is 482 g/mol. The van der Waals surface area contributed by atoms with Crippen LogP contribution in [0.1, 0.15) is 10.4 Å². The number of benzene rings is 3. The third-order valence-electron chi connectivity index (χ3n) is 5.11. The molecule has 0 spiro atoms. The molecule has 0 bridgehead atoms. The lowest BCUT2D eigenvalue weighted by Gasteiger charge is -2.15. The van der Waals surface area contributed by atoms with Gasteiger partial charge in [0.2, 0.25) is 5.91 Å². The SMILES string of the molecule is COc1ccccc1-n1c(-c2ccccc2)cnc1SCC(=O)NNC(=O)c1ccc([N+](=O)[O-])cc1. The zero-order chi connectivity index (χ0) is 25.5. The molecule has 0 atom stereocenters. The van der Waals surface area contributed by atoms with Gasteiger partial charge in [-0.25, -0.2) is 4.98 Å². The summed E-state index contributed by atoms with van der Waals surface area (Å²) in [4.78, 5) is 39.4. The smallest absolute Gasteiger partial charge is 0.269 e. The number of hydrazine groups is 1. The number of hydrogen-bond donors (Lipinski definition) is 2. The number of methoxy groups -OCH3 is 1. The van der Waals surface area contributed by atoms with E-state index in [4.69, 9.17) is 4.74 Å². The molecule has 4 rings (SSSR count). The molecule has 3 aromatic carbocycles. The topological polar surface area (TPSA) is 128 Å². The van der Waals surface area contributed by atoms with Crippen molar-refractivity contribution in [2.75, 3.05) is 12.9 Å². The number of nitrogens with one attached hydrogen (secondary N) is 2. The Balaban J connectivity index is 1.47. The van der Waals surface area contributed by atoms with Gasteiger partial charge in [-0.2, -0.15) is 0 Å². The van der Waals surface area contributed by atoms with E-state index in [0.29, 0.717) is 10.9 Å². The van der Waals surface area contributed by atoms with Gasteiger partial charge in [0.15, 0.2) is 5.16 Å². The first-order chi connectivity index (χ1) is 17.5. The summed E-state index contributed by atoms with van der Waals surface area (Å²) in [6, 6.07) is 22.3. The van der Waals surface area contributed by atoms with E-state index in [0.717, 1.165) is 16.9 Å². The van der Waals surface area contributed by atoms with Crippen molar-refractivity contribution >= 4 is 29.3 Å². The summed E-state index contributed by atoms with van der Waals surface area (Å²) < 4.78 is 7.46. The quantitative estimate of drug-likeness (QED) is 0.211. The van der Waals surface area contributed by atoms with E-state index >= 15 is 0 Å². The van der Waals surface area contributed by atoms with Gasteiger partial charge in [-0.1, -0.05) is 54.2 Å². The van der Waals surface area contributed by atoms with Gasteiger partial charge in [-0.3, -0.25) is 35.1 Å². The number of imidazole rings is 1. The van der Waals surface area contributed by atoms with Gasteiger partial charge < -0.3 is 4.74 Å². The van der Waals surface area contributed by atoms with Crippen LogP contribution in [0.15, 0.2) is 90.2 Å². The van der Waals surface area contributed by atoms with Crippen LogP contribution in [0.5, 0.6) is 5.75 Å². The number of aromatic nitrogens is 2. The molecule has 1 heterocycles. The highest BCUT2D eigenvalue weighted by Crippen LogP contribution is 2.33. The Bertz CT molecular complexity index is 1390. The molecule has 0 saturated carbocycles. The molecule has 0 unspecified atom stereocenters. The molecule has 2 N–H and O–H groups in total. The average molecular weight is 504 g/mol. The van der Waals surface area contributed by atoms with Gasteiger partial charge in [0.1, 0.15) is 5.75 Å². The summed E-state index contributed by atoms with van der Waals surface area (Å²) in [6.07, 6.45) is 1.73. The minimum atomic E-state index is -0.592. The Morgan fingerprint density at radius 2 is 1.69 bits per heavy atom. The fraction of sp³-hybridized carbons (Fsp3) is 0.0800. The fourth-order valence-corrected chi connectivity index (χ4v) is 4.18. The second-order valence-corrected chi connectivity index (χ2v) is 8.34. The first-order valence-corrected chi connectivity index (χ1v) is 11.7. The molecule has 0 aliphatic rings. The summed E-state index contributed by atoms with van der Waals surface area (Å²) in [6.45, 7) is 0. The van der Waals surface area contributed by atoms with Gasteiger partial charge >= 0.3 is 0 Å². The first-order valence-electron chi connectivity index (χ1n) is 10.7. The molecule has 2 amide bonds. The molecule has 0 aliphatic carbocycles. The van der Waals surface area contributed by atoms with Crippen LogP contribution < -0.4 is 15.6 Å². The monoisotopic (exact) mass is 503 g/mol. The lowest BCUT2D eigenvalue weighted by atomic mass is 10.1. The largest absolute Gasteiger partial charge is 0.495 e. The number of para-hydroxylation sites is 2. The zero-order valence-corrected chi connectivity index (χ0v) is 19.9. The van der Waals surface area contributed by atoms with Crippen LogP contribution >= 0.6 is 11.8 Å². The lowest BCUT2D eigenvalue weighted by molar-refractivity contribution is -0.384. The average Bonchev–Trinajstić information content (AvgIpc) is 3.34. The van der Waals surface area contributed by atoms with Gasteiger partial charge in [0.05, 0.1) is 35.4 Å². The number of nitro groups is 1. The number of thioether (sulfide) groups is 1. The standard InChI is InChI=1S/C25H21N5O5S/c1-35-22-10-6-5-9-20(22)29-21(17-7-3-2-4-8-17)15-26-25(29)36-16-23(31)27-28-24(32)18-11-13-19(14-12-18)30(33)34/h2-15H,16H2,1H3,(H,27,31)(H,28,32). The Hall–Kier alpha value is -4.64. The highest BCUT2D eigenvalue weighted by atomic mass is 32.2. The normalized spacial score (nSPS) is 10.5. The minimum absolute atomic E-state index is 0.0269. The second-order valence-electron chi connectivity index (χ2n) is 7.39. The molecule has 36 heavy (non-hydrogen) atoms. The highest BCUT2D eigenvalue weighted by molar-refractivity contribution is 7.99. The molecule has 0 fully saturated rings. The molecule has 182 valence electrons. The highest BCUT2D eigenvalue weighted by Gasteiger charge is 2.18. The third kappa shape index (κ3) is 5.53. The number of carbonyl (C=O) groups excluding carboxylic acids is 2. The van der Waals surface area contributed by atoms with E-state index in [2.05, 4.69) is 15.8 Å². The fourth-order valence-electron chi connectivity index (χ4n) is 3.40. The van der Waals surface area contributed by atoms with Crippen molar-refractivity contribution in [2.45, 2.75) is 5.16 Å². The molecule has 0 radical (unpaired) electrons. The Kier molecular flexibility index (Phi) is 7.61. The van der Waals surface area contributed by atoms with E-state index in [-0.39, 0.29) is 17.0 Å². The van der Waals surface area contributed by atoms with Gasteiger partial charge in [0.25, 0.3) is 11.6 Å². The van der Waals surface area contributed by atoms with Crippen LogP contribution in [-0.4, -0.2) is 39.2 Å². The van der Waals surface area contributed by atoms with E-state index in [1.807, 2.05) is 59.2 Å². The molecule has 10 nitrogen and oxygen atoms in total. The number of rotatable bonds is 8. The summed E-state index contributed by atoms with van der Waals surface area (Å²) in [5.74, 6) is -0.424. The lowest BCUT2D eigenvalue weighted by Crippen LogP contribution is -2.42. The number of nitrogens with zero attached hydrogens (tertiary/aromatic N) is 3. The van der Waals surface area contributed by atoms with Crippen LogP contribution in [0.25, 0.3) is 16.9 Å². The van der Waals surface area contributed by atoms with Crippen molar-refractivity contribution < 1.29 is 19.2 Å². The second kappa shape index (κ2) is 11.2. The van der Waals surface area contributed by atoms with Crippen LogP contribution in [-0.2, 0) is 4.79 Å². The number of nitro benzene ring substituents is 1. The van der Waals surface area contributed by atoms with E-state index in [1.54, 1.807) is 13.3 Å². The molecule has 0 aliphatic heterocycles. The van der Waals surface area contributed by atoms with Crippen LogP contribution in [0.3, 0.4) is 0 Å². The maximum atomic E-state index is 12.4. The molecule has 11 heteroatoms.